The summed E-state index contributed by atoms with van der Waals surface area (Å²) < 4.78 is 0. The van der Waals surface area contributed by atoms with Crippen molar-refractivity contribution in [2.45, 2.75) is 32.1 Å². The number of carboxylic acid groups (broad SMARTS) is 1. The third kappa shape index (κ3) is 2.13. The van der Waals surface area contributed by atoms with E-state index in [0.717, 1.165) is 25.7 Å². The minimum absolute atomic E-state index is 0.178. The molecular weight excluding hydrogens is 194 g/mol. The number of carbonyl (C=O) groups excluding carboxylic acids is 1. The van der Waals surface area contributed by atoms with Crippen LogP contribution in [0.2, 0.25) is 0 Å². The lowest BCUT2D eigenvalue weighted by atomic mass is 10.1. The van der Waals surface area contributed by atoms with Gasteiger partial charge in [-0.15, -0.1) is 0 Å². The van der Waals surface area contributed by atoms with E-state index in [9.17, 15) is 9.59 Å². The molecule has 84 valence electrons. The lowest BCUT2D eigenvalue weighted by Gasteiger charge is -2.19. The van der Waals surface area contributed by atoms with Crippen LogP contribution in [0.25, 0.3) is 0 Å². The van der Waals surface area contributed by atoms with Crippen molar-refractivity contribution < 1.29 is 14.7 Å². The average molecular weight is 211 g/mol. The maximum absolute atomic E-state index is 11.9. The minimum Gasteiger partial charge on any atom is -0.481 e. The topological polar surface area (TPSA) is 57.6 Å². The van der Waals surface area contributed by atoms with Crippen LogP contribution < -0.4 is 0 Å². The molecule has 2 aliphatic rings. The van der Waals surface area contributed by atoms with Crippen molar-refractivity contribution in [1.29, 1.82) is 0 Å². The van der Waals surface area contributed by atoms with Crippen LogP contribution in [0, 0.1) is 11.8 Å². The van der Waals surface area contributed by atoms with Crippen LogP contribution in [0.15, 0.2) is 0 Å². The fourth-order valence-corrected chi connectivity index (χ4v) is 2.59. The zero-order chi connectivity index (χ0) is 10.8. The number of carbonyl (C=O) groups is 2. The van der Waals surface area contributed by atoms with Gasteiger partial charge in [-0.1, -0.05) is 12.8 Å². The summed E-state index contributed by atoms with van der Waals surface area (Å²) in [6, 6.07) is 0. The van der Waals surface area contributed by atoms with Crippen LogP contribution in [0.4, 0.5) is 0 Å². The fraction of sp³-hybridized carbons (Fsp3) is 0.818. The molecule has 1 aliphatic heterocycles. The second kappa shape index (κ2) is 4.21. The standard InChI is InChI=1S/C11H17NO3/c13-10(8-3-1-2-4-8)12-6-5-9(7-12)11(14)15/h8-9H,1-7H2,(H,14,15). The van der Waals surface area contributed by atoms with Crippen molar-refractivity contribution in [2.75, 3.05) is 13.1 Å². The second-order valence-corrected chi connectivity index (χ2v) is 4.59. The van der Waals surface area contributed by atoms with E-state index < -0.39 is 5.97 Å². The number of nitrogens with zero attached hydrogens (tertiary/aromatic N) is 1. The van der Waals surface area contributed by atoms with Gasteiger partial charge >= 0.3 is 5.97 Å². The lowest BCUT2D eigenvalue weighted by molar-refractivity contribution is -0.141. The molecular formula is C11H17NO3. The normalized spacial score (nSPS) is 27.2. The fourth-order valence-electron chi connectivity index (χ4n) is 2.59. The molecule has 4 heteroatoms. The molecule has 1 unspecified atom stereocenters. The molecule has 1 saturated heterocycles. The Labute approximate surface area is 89.3 Å². The molecule has 0 bridgehead atoms. The molecule has 0 aromatic rings. The van der Waals surface area contributed by atoms with Crippen LogP contribution in [0.3, 0.4) is 0 Å². The molecule has 0 radical (unpaired) electrons. The highest BCUT2D eigenvalue weighted by molar-refractivity contribution is 5.81. The van der Waals surface area contributed by atoms with Gasteiger partial charge < -0.3 is 10.0 Å². The van der Waals surface area contributed by atoms with Crippen molar-refractivity contribution >= 4 is 11.9 Å². The highest BCUT2D eigenvalue weighted by atomic mass is 16.4. The summed E-state index contributed by atoms with van der Waals surface area (Å²) in [5.74, 6) is -0.735. The Kier molecular flexibility index (Phi) is 2.93. The summed E-state index contributed by atoms with van der Waals surface area (Å²) in [5.41, 5.74) is 0. The van der Waals surface area contributed by atoms with E-state index in [1.807, 2.05) is 0 Å². The van der Waals surface area contributed by atoms with Gasteiger partial charge in [0.1, 0.15) is 0 Å². The van der Waals surface area contributed by atoms with Gasteiger partial charge in [-0.2, -0.15) is 0 Å². The van der Waals surface area contributed by atoms with Gasteiger partial charge in [0.25, 0.3) is 0 Å². The number of hydrogen-bond acceptors (Lipinski definition) is 2. The first-order valence-corrected chi connectivity index (χ1v) is 5.70. The summed E-state index contributed by atoms with van der Waals surface area (Å²) >= 11 is 0. The first kappa shape index (κ1) is 10.5. The van der Waals surface area contributed by atoms with Gasteiger partial charge in [0.15, 0.2) is 0 Å². The lowest BCUT2D eigenvalue weighted by Crippen LogP contribution is -2.34. The molecule has 15 heavy (non-hydrogen) atoms. The Hall–Kier alpha value is -1.06. The summed E-state index contributed by atoms with van der Waals surface area (Å²) in [6.07, 6.45) is 4.90. The van der Waals surface area contributed by atoms with E-state index >= 15 is 0 Å². The molecule has 1 saturated carbocycles. The maximum Gasteiger partial charge on any atom is 0.308 e. The first-order chi connectivity index (χ1) is 7.18. The Balaban J connectivity index is 1.89. The zero-order valence-electron chi connectivity index (χ0n) is 8.82. The largest absolute Gasteiger partial charge is 0.481 e. The van der Waals surface area contributed by atoms with E-state index in [1.54, 1.807) is 4.90 Å². The Morgan fingerprint density at radius 1 is 1.07 bits per heavy atom. The number of aliphatic carboxylic acids is 1. The van der Waals surface area contributed by atoms with E-state index in [0.29, 0.717) is 19.5 Å². The van der Waals surface area contributed by atoms with Gasteiger partial charge in [-0.05, 0) is 19.3 Å². The van der Waals surface area contributed by atoms with Crippen LogP contribution in [-0.4, -0.2) is 35.0 Å². The maximum atomic E-state index is 11.9. The Morgan fingerprint density at radius 2 is 1.73 bits per heavy atom. The van der Waals surface area contributed by atoms with E-state index in [1.165, 1.54) is 0 Å². The zero-order valence-corrected chi connectivity index (χ0v) is 8.82. The van der Waals surface area contributed by atoms with Gasteiger partial charge in [0, 0.05) is 19.0 Å². The number of carboxylic acids is 1. The second-order valence-electron chi connectivity index (χ2n) is 4.59. The van der Waals surface area contributed by atoms with Gasteiger partial charge in [-0.25, -0.2) is 0 Å². The Morgan fingerprint density at radius 3 is 2.27 bits per heavy atom. The quantitative estimate of drug-likeness (QED) is 0.744. The number of likely N-dealkylation sites (tertiary alicyclic amines) is 1. The molecule has 1 atom stereocenters. The number of amides is 1. The predicted molar refractivity (Wildman–Crippen MR) is 54.3 cm³/mol. The smallest absolute Gasteiger partial charge is 0.308 e. The summed E-state index contributed by atoms with van der Waals surface area (Å²) in [7, 11) is 0. The van der Waals surface area contributed by atoms with Gasteiger partial charge in [0.2, 0.25) is 5.91 Å². The molecule has 0 aromatic carbocycles. The van der Waals surface area contributed by atoms with Crippen molar-refractivity contribution in [3.8, 4) is 0 Å². The molecule has 1 aliphatic carbocycles. The third-order valence-corrected chi connectivity index (χ3v) is 3.55. The first-order valence-electron chi connectivity index (χ1n) is 5.70. The predicted octanol–water partition coefficient (Wildman–Crippen LogP) is 1.11. The number of hydrogen-bond donors (Lipinski definition) is 1. The third-order valence-electron chi connectivity index (χ3n) is 3.55. The van der Waals surface area contributed by atoms with E-state index in [-0.39, 0.29) is 17.7 Å². The molecule has 2 fully saturated rings. The highest BCUT2D eigenvalue weighted by Crippen LogP contribution is 2.28. The van der Waals surface area contributed by atoms with Crippen molar-refractivity contribution in [3.63, 3.8) is 0 Å². The van der Waals surface area contributed by atoms with Gasteiger partial charge in [-0.3, -0.25) is 9.59 Å². The van der Waals surface area contributed by atoms with Crippen LogP contribution in [0.1, 0.15) is 32.1 Å². The summed E-state index contributed by atoms with van der Waals surface area (Å²) in [6.45, 7) is 1.05. The van der Waals surface area contributed by atoms with Gasteiger partial charge in [0.05, 0.1) is 5.92 Å². The van der Waals surface area contributed by atoms with Crippen molar-refractivity contribution in [1.82, 2.24) is 4.90 Å². The summed E-state index contributed by atoms with van der Waals surface area (Å²) in [5, 5.41) is 8.84. The van der Waals surface area contributed by atoms with Crippen molar-refractivity contribution in [2.24, 2.45) is 11.8 Å². The molecule has 0 spiro atoms. The average Bonchev–Trinajstić information content (AvgIpc) is 2.88. The number of rotatable bonds is 2. The highest BCUT2D eigenvalue weighted by Gasteiger charge is 2.34. The van der Waals surface area contributed by atoms with E-state index in [4.69, 9.17) is 5.11 Å². The molecule has 4 nitrogen and oxygen atoms in total. The van der Waals surface area contributed by atoms with E-state index in [2.05, 4.69) is 0 Å². The molecule has 0 aromatic heterocycles. The van der Waals surface area contributed by atoms with Crippen LogP contribution in [-0.2, 0) is 9.59 Å². The monoisotopic (exact) mass is 211 g/mol. The van der Waals surface area contributed by atoms with Crippen LogP contribution >= 0.6 is 0 Å². The molecule has 2 rings (SSSR count). The molecule has 1 heterocycles. The van der Waals surface area contributed by atoms with Crippen LogP contribution in [0.5, 0.6) is 0 Å². The molecule has 1 amide bonds. The SMILES string of the molecule is O=C(O)C1CCN(C(=O)C2CCCC2)C1. The summed E-state index contributed by atoms with van der Waals surface area (Å²) in [4.78, 5) is 24.4. The van der Waals surface area contributed by atoms with Crippen molar-refractivity contribution in [3.05, 3.63) is 0 Å². The molecule has 1 N–H and O–H groups in total. The Bertz CT molecular complexity index is 271. The minimum atomic E-state index is -0.767.